The van der Waals surface area contributed by atoms with Crippen LogP contribution in [0.25, 0.3) is 0 Å². The second-order valence-corrected chi connectivity index (χ2v) is 7.41. The van der Waals surface area contributed by atoms with E-state index in [0.717, 1.165) is 12.6 Å². The number of rotatable bonds is 2. The molecule has 3 aliphatic rings. The van der Waals surface area contributed by atoms with Crippen LogP contribution in [-0.2, 0) is 0 Å². The maximum atomic E-state index is 3.97. The summed E-state index contributed by atoms with van der Waals surface area (Å²) in [6.45, 7) is 2.41. The lowest BCUT2D eigenvalue weighted by atomic mass is 9.77. The first kappa shape index (κ1) is 13.8. The minimum Gasteiger partial charge on any atom is -0.308 e. The lowest BCUT2D eigenvalue weighted by molar-refractivity contribution is -0.00258. The van der Waals surface area contributed by atoms with E-state index in [0.29, 0.717) is 11.6 Å². The Morgan fingerprint density at radius 3 is 2.38 bits per heavy atom. The van der Waals surface area contributed by atoms with Crippen molar-refractivity contribution in [1.82, 2.24) is 10.2 Å². The first-order valence-electron chi connectivity index (χ1n) is 8.92. The molecule has 2 saturated carbocycles. The van der Waals surface area contributed by atoms with E-state index in [1.165, 1.54) is 63.5 Å². The second-order valence-electron chi connectivity index (χ2n) is 7.41. The summed E-state index contributed by atoms with van der Waals surface area (Å²) in [5.74, 6) is 0. The standard InChI is InChI=1S/C19H28N2/c1-3-8-16(9-4-1)18-14-20-19(12-5-2-6-13-19)15-21(18)17-10-7-11-17/h1,3-4,8-9,17-18,20H,2,5-7,10-15H2. The fraction of sp³-hybridized carbons (Fsp3) is 0.684. The Kier molecular flexibility index (Phi) is 3.76. The molecule has 0 aromatic heterocycles. The first-order valence-corrected chi connectivity index (χ1v) is 8.92. The van der Waals surface area contributed by atoms with Gasteiger partial charge in [0.15, 0.2) is 0 Å². The number of nitrogens with one attached hydrogen (secondary N) is 1. The van der Waals surface area contributed by atoms with Crippen LogP contribution in [-0.4, -0.2) is 29.6 Å². The maximum absolute atomic E-state index is 3.97. The van der Waals surface area contributed by atoms with E-state index in [4.69, 9.17) is 0 Å². The quantitative estimate of drug-likeness (QED) is 0.886. The van der Waals surface area contributed by atoms with E-state index < -0.39 is 0 Å². The molecule has 21 heavy (non-hydrogen) atoms. The average molecular weight is 284 g/mol. The highest BCUT2D eigenvalue weighted by atomic mass is 15.3. The van der Waals surface area contributed by atoms with Crippen molar-refractivity contribution in [2.24, 2.45) is 0 Å². The van der Waals surface area contributed by atoms with Crippen LogP contribution in [0.15, 0.2) is 30.3 Å². The zero-order valence-electron chi connectivity index (χ0n) is 13.1. The fourth-order valence-corrected chi connectivity index (χ4v) is 4.60. The monoisotopic (exact) mass is 284 g/mol. The molecule has 1 atom stereocenters. The molecule has 1 heterocycles. The Balaban J connectivity index is 1.57. The van der Waals surface area contributed by atoms with Crippen molar-refractivity contribution in [2.75, 3.05) is 13.1 Å². The smallest absolute Gasteiger partial charge is 0.0476 e. The van der Waals surface area contributed by atoms with E-state index in [1.54, 1.807) is 0 Å². The van der Waals surface area contributed by atoms with Crippen molar-refractivity contribution in [3.05, 3.63) is 35.9 Å². The predicted octanol–water partition coefficient (Wildman–Crippen LogP) is 3.89. The molecular formula is C19H28N2. The molecule has 2 heteroatoms. The number of hydrogen-bond donors (Lipinski definition) is 1. The zero-order valence-corrected chi connectivity index (χ0v) is 13.1. The summed E-state index contributed by atoms with van der Waals surface area (Å²) < 4.78 is 0. The Labute approximate surface area is 128 Å². The van der Waals surface area contributed by atoms with Gasteiger partial charge >= 0.3 is 0 Å². The minimum absolute atomic E-state index is 0.430. The Morgan fingerprint density at radius 1 is 0.952 bits per heavy atom. The number of benzene rings is 1. The summed E-state index contributed by atoms with van der Waals surface area (Å²) in [7, 11) is 0. The van der Waals surface area contributed by atoms with Crippen molar-refractivity contribution in [1.29, 1.82) is 0 Å². The maximum Gasteiger partial charge on any atom is 0.0476 e. The topological polar surface area (TPSA) is 15.3 Å². The number of hydrogen-bond acceptors (Lipinski definition) is 2. The van der Waals surface area contributed by atoms with E-state index in [9.17, 15) is 0 Å². The van der Waals surface area contributed by atoms with Crippen LogP contribution < -0.4 is 5.32 Å². The van der Waals surface area contributed by atoms with Gasteiger partial charge in [0.2, 0.25) is 0 Å². The molecule has 114 valence electrons. The molecule has 1 spiro atoms. The third-order valence-electron chi connectivity index (χ3n) is 6.09. The highest BCUT2D eigenvalue weighted by molar-refractivity contribution is 5.22. The molecule has 2 nitrogen and oxygen atoms in total. The van der Waals surface area contributed by atoms with E-state index in [2.05, 4.69) is 40.5 Å². The van der Waals surface area contributed by atoms with Crippen molar-refractivity contribution in [3.8, 4) is 0 Å². The summed E-state index contributed by atoms with van der Waals surface area (Å²) in [6, 6.07) is 12.6. The molecule has 1 aromatic carbocycles. The van der Waals surface area contributed by atoms with Crippen LogP contribution in [0.2, 0.25) is 0 Å². The van der Waals surface area contributed by atoms with Gasteiger partial charge < -0.3 is 5.32 Å². The summed E-state index contributed by atoms with van der Waals surface area (Å²) in [4.78, 5) is 2.86. The molecule has 1 unspecified atom stereocenters. The van der Waals surface area contributed by atoms with E-state index >= 15 is 0 Å². The Bertz CT molecular complexity index is 460. The third kappa shape index (κ3) is 2.64. The molecule has 0 bridgehead atoms. The molecule has 0 amide bonds. The average Bonchev–Trinajstić information content (AvgIpc) is 2.48. The van der Waals surface area contributed by atoms with Crippen molar-refractivity contribution in [2.45, 2.75) is 69.0 Å². The van der Waals surface area contributed by atoms with Crippen molar-refractivity contribution >= 4 is 0 Å². The molecular weight excluding hydrogens is 256 g/mol. The van der Waals surface area contributed by atoms with Gasteiger partial charge in [0.05, 0.1) is 0 Å². The van der Waals surface area contributed by atoms with Crippen LogP contribution >= 0.6 is 0 Å². The van der Waals surface area contributed by atoms with Crippen LogP contribution in [0.1, 0.15) is 63.0 Å². The van der Waals surface area contributed by atoms with Gasteiger partial charge in [-0.1, -0.05) is 56.0 Å². The van der Waals surface area contributed by atoms with Gasteiger partial charge in [-0.05, 0) is 31.2 Å². The zero-order chi connectivity index (χ0) is 14.1. The molecule has 0 radical (unpaired) electrons. The second kappa shape index (κ2) is 5.73. The normalized spacial score (nSPS) is 30.2. The van der Waals surface area contributed by atoms with Crippen LogP contribution in [0.5, 0.6) is 0 Å². The number of piperazine rings is 1. The van der Waals surface area contributed by atoms with Crippen molar-refractivity contribution < 1.29 is 0 Å². The third-order valence-corrected chi connectivity index (χ3v) is 6.09. The summed E-state index contributed by atoms with van der Waals surface area (Å²) in [5, 5.41) is 3.97. The van der Waals surface area contributed by atoms with Gasteiger partial charge in [0.1, 0.15) is 0 Å². The lowest BCUT2D eigenvalue weighted by Gasteiger charge is -2.54. The predicted molar refractivity (Wildman–Crippen MR) is 87.3 cm³/mol. The van der Waals surface area contributed by atoms with Gasteiger partial charge in [-0.3, -0.25) is 4.90 Å². The fourth-order valence-electron chi connectivity index (χ4n) is 4.60. The van der Waals surface area contributed by atoms with Gasteiger partial charge in [-0.15, -0.1) is 0 Å². The molecule has 2 aliphatic carbocycles. The minimum atomic E-state index is 0.430. The van der Waals surface area contributed by atoms with Gasteiger partial charge in [0.25, 0.3) is 0 Å². The highest BCUT2D eigenvalue weighted by Gasteiger charge is 2.43. The van der Waals surface area contributed by atoms with Crippen LogP contribution in [0.4, 0.5) is 0 Å². The first-order chi connectivity index (χ1) is 10.4. The van der Waals surface area contributed by atoms with E-state index in [-0.39, 0.29) is 0 Å². The molecule has 1 saturated heterocycles. The summed E-state index contributed by atoms with van der Waals surface area (Å²) >= 11 is 0. The highest BCUT2D eigenvalue weighted by Crippen LogP contribution is 2.40. The molecule has 3 fully saturated rings. The molecule has 1 aliphatic heterocycles. The van der Waals surface area contributed by atoms with Crippen LogP contribution in [0.3, 0.4) is 0 Å². The van der Waals surface area contributed by atoms with Crippen LogP contribution in [0, 0.1) is 0 Å². The molecule has 4 rings (SSSR count). The SMILES string of the molecule is c1ccc(C2CNC3(CCCCC3)CN2C2CCC2)cc1. The Morgan fingerprint density at radius 2 is 1.71 bits per heavy atom. The Hall–Kier alpha value is -0.860. The van der Waals surface area contributed by atoms with Gasteiger partial charge in [-0.2, -0.15) is 0 Å². The molecule has 1 N–H and O–H groups in total. The van der Waals surface area contributed by atoms with Crippen molar-refractivity contribution in [3.63, 3.8) is 0 Å². The van der Waals surface area contributed by atoms with Gasteiger partial charge in [0, 0.05) is 30.7 Å². The summed E-state index contributed by atoms with van der Waals surface area (Å²) in [5.41, 5.74) is 1.93. The van der Waals surface area contributed by atoms with Gasteiger partial charge in [-0.25, -0.2) is 0 Å². The summed E-state index contributed by atoms with van der Waals surface area (Å²) in [6.07, 6.45) is 11.3. The van der Waals surface area contributed by atoms with E-state index in [1.807, 2.05) is 0 Å². The lowest BCUT2D eigenvalue weighted by Crippen LogP contribution is -2.64. The largest absolute Gasteiger partial charge is 0.308 e. The molecule has 1 aromatic rings. The number of nitrogens with zero attached hydrogens (tertiary/aromatic N) is 1.